The van der Waals surface area contributed by atoms with Gasteiger partial charge >= 0.3 is 0 Å². The van der Waals surface area contributed by atoms with Crippen molar-refractivity contribution in [1.82, 2.24) is 10.3 Å². The Morgan fingerprint density at radius 3 is 2.87 bits per heavy atom. The lowest BCUT2D eigenvalue weighted by molar-refractivity contribution is 0.337. The van der Waals surface area contributed by atoms with Crippen molar-refractivity contribution in [1.29, 1.82) is 0 Å². The van der Waals surface area contributed by atoms with Gasteiger partial charge in [-0.05, 0) is 30.4 Å². The lowest BCUT2D eigenvalue weighted by Crippen LogP contribution is -2.34. The molecule has 0 amide bonds. The van der Waals surface area contributed by atoms with E-state index >= 15 is 0 Å². The van der Waals surface area contributed by atoms with Gasteiger partial charge in [-0.3, -0.25) is 0 Å². The topological polar surface area (TPSA) is 27.8 Å². The first kappa shape index (κ1) is 8.98. The quantitative estimate of drug-likeness (QED) is 0.783. The summed E-state index contributed by atoms with van der Waals surface area (Å²) in [6.07, 6.45) is 4.09. The van der Waals surface area contributed by atoms with Crippen LogP contribution in [0.15, 0.2) is 30.3 Å². The van der Waals surface area contributed by atoms with Gasteiger partial charge in [0, 0.05) is 23.8 Å². The van der Waals surface area contributed by atoms with E-state index in [0.29, 0.717) is 0 Å². The largest absolute Gasteiger partial charge is 0.357 e. The van der Waals surface area contributed by atoms with Crippen LogP contribution in [0.2, 0.25) is 0 Å². The molecule has 1 heterocycles. The monoisotopic (exact) mass is 200 g/mol. The molecule has 1 fully saturated rings. The maximum absolute atomic E-state index is 3.57. The van der Waals surface area contributed by atoms with E-state index in [0.717, 1.165) is 12.6 Å². The molecular formula is C13H16N2. The SMILES string of the molecule is c1ccc2[nH]c(CNC3CCC3)cc2c1. The van der Waals surface area contributed by atoms with Crippen LogP contribution < -0.4 is 5.32 Å². The zero-order chi connectivity index (χ0) is 10.1. The molecule has 2 aromatic rings. The van der Waals surface area contributed by atoms with Crippen LogP contribution in [-0.4, -0.2) is 11.0 Å². The van der Waals surface area contributed by atoms with E-state index in [2.05, 4.69) is 40.6 Å². The highest BCUT2D eigenvalue weighted by Crippen LogP contribution is 2.19. The van der Waals surface area contributed by atoms with Gasteiger partial charge in [0.15, 0.2) is 0 Å². The van der Waals surface area contributed by atoms with Crippen molar-refractivity contribution < 1.29 is 0 Å². The predicted molar refractivity (Wildman–Crippen MR) is 62.8 cm³/mol. The Morgan fingerprint density at radius 1 is 1.27 bits per heavy atom. The molecule has 2 N–H and O–H groups in total. The Balaban J connectivity index is 1.73. The van der Waals surface area contributed by atoms with Gasteiger partial charge in [-0.25, -0.2) is 0 Å². The van der Waals surface area contributed by atoms with Crippen LogP contribution in [0.5, 0.6) is 0 Å². The zero-order valence-electron chi connectivity index (χ0n) is 8.79. The zero-order valence-corrected chi connectivity index (χ0v) is 8.79. The molecule has 78 valence electrons. The molecule has 1 aliphatic rings. The standard InChI is InChI=1S/C13H16N2/c1-2-7-13-10(4-1)8-12(15-13)9-14-11-5-3-6-11/h1-2,4,7-8,11,14-15H,3,5-6,9H2. The second-order valence-corrected chi connectivity index (χ2v) is 4.39. The van der Waals surface area contributed by atoms with Crippen molar-refractivity contribution in [2.24, 2.45) is 0 Å². The summed E-state index contributed by atoms with van der Waals surface area (Å²) in [4.78, 5) is 3.44. The van der Waals surface area contributed by atoms with Crippen molar-refractivity contribution in [2.75, 3.05) is 0 Å². The fraction of sp³-hybridized carbons (Fsp3) is 0.385. The number of hydrogen-bond acceptors (Lipinski definition) is 1. The van der Waals surface area contributed by atoms with E-state index in [4.69, 9.17) is 0 Å². The second kappa shape index (κ2) is 3.70. The van der Waals surface area contributed by atoms with E-state index in [1.165, 1.54) is 35.9 Å². The number of fused-ring (bicyclic) bond motifs is 1. The molecule has 0 bridgehead atoms. The van der Waals surface area contributed by atoms with E-state index in [9.17, 15) is 0 Å². The van der Waals surface area contributed by atoms with Crippen LogP contribution in [0, 0.1) is 0 Å². The van der Waals surface area contributed by atoms with Crippen LogP contribution in [-0.2, 0) is 6.54 Å². The van der Waals surface area contributed by atoms with Crippen molar-refractivity contribution in [3.63, 3.8) is 0 Å². The first-order valence-corrected chi connectivity index (χ1v) is 5.72. The molecule has 15 heavy (non-hydrogen) atoms. The predicted octanol–water partition coefficient (Wildman–Crippen LogP) is 2.81. The Bertz CT molecular complexity index is 421. The molecular weight excluding hydrogens is 184 g/mol. The van der Waals surface area contributed by atoms with Crippen molar-refractivity contribution in [2.45, 2.75) is 31.8 Å². The van der Waals surface area contributed by atoms with Crippen LogP contribution in [0.3, 0.4) is 0 Å². The maximum atomic E-state index is 3.57. The third-order valence-corrected chi connectivity index (χ3v) is 3.27. The first-order valence-electron chi connectivity index (χ1n) is 5.72. The van der Waals surface area contributed by atoms with Crippen LogP contribution in [0.1, 0.15) is 25.0 Å². The summed E-state index contributed by atoms with van der Waals surface area (Å²) in [5.74, 6) is 0. The van der Waals surface area contributed by atoms with Gasteiger partial charge in [0.05, 0.1) is 0 Å². The molecule has 0 aliphatic heterocycles. The number of benzene rings is 1. The van der Waals surface area contributed by atoms with Crippen LogP contribution in [0.25, 0.3) is 10.9 Å². The molecule has 3 rings (SSSR count). The molecule has 1 saturated carbocycles. The summed E-state index contributed by atoms with van der Waals surface area (Å²) >= 11 is 0. The Kier molecular flexibility index (Phi) is 2.22. The molecule has 0 radical (unpaired) electrons. The number of aromatic amines is 1. The molecule has 2 heteroatoms. The lowest BCUT2D eigenvalue weighted by Gasteiger charge is -2.26. The van der Waals surface area contributed by atoms with Gasteiger partial charge < -0.3 is 10.3 Å². The lowest BCUT2D eigenvalue weighted by atomic mass is 9.93. The molecule has 2 nitrogen and oxygen atoms in total. The number of rotatable bonds is 3. The van der Waals surface area contributed by atoms with Crippen LogP contribution >= 0.6 is 0 Å². The number of para-hydroxylation sites is 1. The van der Waals surface area contributed by atoms with Crippen molar-refractivity contribution >= 4 is 10.9 Å². The smallest absolute Gasteiger partial charge is 0.0456 e. The average molecular weight is 200 g/mol. The minimum atomic E-state index is 0.761. The second-order valence-electron chi connectivity index (χ2n) is 4.39. The summed E-state index contributed by atoms with van der Waals surface area (Å²) in [7, 11) is 0. The van der Waals surface area contributed by atoms with E-state index in [1.54, 1.807) is 0 Å². The van der Waals surface area contributed by atoms with Gasteiger partial charge in [-0.2, -0.15) is 0 Å². The van der Waals surface area contributed by atoms with Gasteiger partial charge in [-0.15, -0.1) is 0 Å². The summed E-state index contributed by atoms with van der Waals surface area (Å²) in [5, 5.41) is 4.87. The fourth-order valence-corrected chi connectivity index (χ4v) is 2.10. The molecule has 1 aromatic carbocycles. The normalized spacial score (nSPS) is 16.8. The first-order chi connectivity index (χ1) is 7.42. The number of aromatic nitrogens is 1. The molecule has 1 aliphatic carbocycles. The van der Waals surface area contributed by atoms with Gasteiger partial charge in [0.1, 0.15) is 0 Å². The third kappa shape index (κ3) is 1.77. The summed E-state index contributed by atoms with van der Waals surface area (Å²) in [6, 6.07) is 11.4. The van der Waals surface area contributed by atoms with Gasteiger partial charge in [-0.1, -0.05) is 24.6 Å². The summed E-state index contributed by atoms with van der Waals surface area (Å²) < 4.78 is 0. The van der Waals surface area contributed by atoms with Crippen LogP contribution in [0.4, 0.5) is 0 Å². The van der Waals surface area contributed by atoms with Gasteiger partial charge in [0.2, 0.25) is 0 Å². The number of hydrogen-bond donors (Lipinski definition) is 2. The molecule has 0 saturated heterocycles. The highest BCUT2D eigenvalue weighted by molar-refractivity contribution is 5.80. The summed E-state index contributed by atoms with van der Waals surface area (Å²) in [5.41, 5.74) is 2.53. The highest BCUT2D eigenvalue weighted by Gasteiger charge is 2.16. The average Bonchev–Trinajstić information content (AvgIpc) is 2.57. The minimum absolute atomic E-state index is 0.761. The highest BCUT2D eigenvalue weighted by atomic mass is 14.9. The van der Waals surface area contributed by atoms with Crippen molar-refractivity contribution in [3.8, 4) is 0 Å². The molecule has 0 spiro atoms. The number of nitrogens with one attached hydrogen (secondary N) is 2. The molecule has 0 atom stereocenters. The Hall–Kier alpha value is -1.28. The van der Waals surface area contributed by atoms with E-state index < -0.39 is 0 Å². The van der Waals surface area contributed by atoms with Gasteiger partial charge in [0.25, 0.3) is 0 Å². The van der Waals surface area contributed by atoms with E-state index in [1.807, 2.05) is 0 Å². The Labute approximate surface area is 89.7 Å². The molecule has 0 unspecified atom stereocenters. The minimum Gasteiger partial charge on any atom is -0.357 e. The third-order valence-electron chi connectivity index (χ3n) is 3.27. The maximum Gasteiger partial charge on any atom is 0.0456 e. The molecule has 1 aromatic heterocycles. The van der Waals surface area contributed by atoms with Crippen molar-refractivity contribution in [3.05, 3.63) is 36.0 Å². The number of H-pyrrole nitrogens is 1. The summed E-state index contributed by atoms with van der Waals surface area (Å²) in [6.45, 7) is 0.972. The van der Waals surface area contributed by atoms with E-state index in [-0.39, 0.29) is 0 Å². The Morgan fingerprint density at radius 2 is 2.13 bits per heavy atom. The fourth-order valence-electron chi connectivity index (χ4n) is 2.10.